The quantitative estimate of drug-likeness (QED) is 0.721. The first-order valence-electron chi connectivity index (χ1n) is 9.08. The Bertz CT molecular complexity index is 961. The van der Waals surface area contributed by atoms with E-state index in [1.165, 1.54) is 0 Å². The molecule has 0 aliphatic carbocycles. The molecule has 1 aliphatic rings. The zero-order valence-electron chi connectivity index (χ0n) is 15.4. The van der Waals surface area contributed by atoms with E-state index in [1.807, 2.05) is 22.8 Å². The third kappa shape index (κ3) is 3.30. The monoisotopic (exact) mass is 366 g/mol. The molecule has 3 heterocycles. The van der Waals surface area contributed by atoms with Gasteiger partial charge in [0.2, 0.25) is 0 Å². The number of rotatable bonds is 5. The lowest BCUT2D eigenvalue weighted by Gasteiger charge is -2.15. The molecule has 1 aliphatic heterocycles. The van der Waals surface area contributed by atoms with E-state index in [9.17, 15) is 4.79 Å². The van der Waals surface area contributed by atoms with Crippen LogP contribution in [0.1, 0.15) is 41.0 Å². The van der Waals surface area contributed by atoms with Crippen molar-refractivity contribution in [3.63, 3.8) is 0 Å². The second-order valence-electron chi connectivity index (χ2n) is 6.65. The molecule has 3 aromatic rings. The van der Waals surface area contributed by atoms with Crippen LogP contribution in [0.2, 0.25) is 0 Å². The SMILES string of the molecule is CCCn1cnnc1-c1nc2c([nH]1)CC(c1cccc(OC)c1)CNC2=O. The molecule has 1 amide bonds. The Kier molecular flexibility index (Phi) is 4.62. The molecule has 0 saturated heterocycles. The highest BCUT2D eigenvalue weighted by molar-refractivity contribution is 5.94. The van der Waals surface area contributed by atoms with Gasteiger partial charge in [-0.15, -0.1) is 10.2 Å². The zero-order valence-corrected chi connectivity index (χ0v) is 15.4. The summed E-state index contributed by atoms with van der Waals surface area (Å²) < 4.78 is 7.27. The summed E-state index contributed by atoms with van der Waals surface area (Å²) in [5.74, 6) is 2.00. The van der Waals surface area contributed by atoms with Crippen molar-refractivity contribution in [2.75, 3.05) is 13.7 Å². The fourth-order valence-corrected chi connectivity index (χ4v) is 3.44. The highest BCUT2D eigenvalue weighted by atomic mass is 16.5. The number of hydrogen-bond acceptors (Lipinski definition) is 5. The average molecular weight is 366 g/mol. The zero-order chi connectivity index (χ0) is 18.8. The van der Waals surface area contributed by atoms with E-state index < -0.39 is 0 Å². The van der Waals surface area contributed by atoms with E-state index >= 15 is 0 Å². The molecular weight excluding hydrogens is 344 g/mol. The van der Waals surface area contributed by atoms with Gasteiger partial charge in [0, 0.05) is 24.7 Å². The van der Waals surface area contributed by atoms with Crippen LogP contribution in [-0.2, 0) is 13.0 Å². The molecule has 1 unspecified atom stereocenters. The average Bonchev–Trinajstić information content (AvgIpc) is 3.28. The summed E-state index contributed by atoms with van der Waals surface area (Å²) in [7, 11) is 1.65. The van der Waals surface area contributed by atoms with E-state index in [1.54, 1.807) is 13.4 Å². The molecule has 0 fully saturated rings. The Labute approximate surface area is 157 Å². The Balaban J connectivity index is 1.68. The molecule has 0 radical (unpaired) electrons. The summed E-state index contributed by atoms with van der Waals surface area (Å²) in [6, 6.07) is 7.95. The summed E-state index contributed by atoms with van der Waals surface area (Å²) in [5.41, 5.74) is 2.37. The number of imidazole rings is 1. The number of fused-ring (bicyclic) bond motifs is 1. The Morgan fingerprint density at radius 3 is 3.07 bits per heavy atom. The largest absolute Gasteiger partial charge is 0.497 e. The molecule has 140 valence electrons. The number of hydrogen-bond donors (Lipinski definition) is 2. The van der Waals surface area contributed by atoms with Crippen molar-refractivity contribution in [1.29, 1.82) is 0 Å². The van der Waals surface area contributed by atoms with Crippen LogP contribution in [-0.4, -0.2) is 44.3 Å². The number of H-pyrrole nitrogens is 1. The molecule has 27 heavy (non-hydrogen) atoms. The first kappa shape index (κ1) is 17.3. The Hall–Kier alpha value is -3.16. The summed E-state index contributed by atoms with van der Waals surface area (Å²) in [6.45, 7) is 3.44. The molecule has 0 saturated carbocycles. The predicted molar refractivity (Wildman–Crippen MR) is 99.7 cm³/mol. The van der Waals surface area contributed by atoms with Gasteiger partial charge < -0.3 is 19.6 Å². The Morgan fingerprint density at radius 2 is 2.26 bits per heavy atom. The maximum absolute atomic E-state index is 12.5. The van der Waals surface area contributed by atoms with Crippen LogP contribution in [0.25, 0.3) is 11.6 Å². The minimum absolute atomic E-state index is 0.132. The first-order valence-corrected chi connectivity index (χ1v) is 9.08. The lowest BCUT2D eigenvalue weighted by Crippen LogP contribution is -2.26. The van der Waals surface area contributed by atoms with Crippen molar-refractivity contribution in [1.82, 2.24) is 30.0 Å². The van der Waals surface area contributed by atoms with Crippen LogP contribution >= 0.6 is 0 Å². The molecule has 8 heteroatoms. The minimum Gasteiger partial charge on any atom is -0.497 e. The number of benzene rings is 1. The fourth-order valence-electron chi connectivity index (χ4n) is 3.44. The van der Waals surface area contributed by atoms with Crippen LogP contribution < -0.4 is 10.1 Å². The molecule has 2 N–H and O–H groups in total. The van der Waals surface area contributed by atoms with E-state index in [0.717, 1.165) is 30.0 Å². The van der Waals surface area contributed by atoms with Crippen molar-refractivity contribution in [3.05, 3.63) is 47.5 Å². The van der Waals surface area contributed by atoms with Gasteiger partial charge in [0.05, 0.1) is 7.11 Å². The van der Waals surface area contributed by atoms with Gasteiger partial charge in [0.1, 0.15) is 17.8 Å². The van der Waals surface area contributed by atoms with Gasteiger partial charge in [0.15, 0.2) is 11.6 Å². The molecule has 0 spiro atoms. The van der Waals surface area contributed by atoms with E-state index in [2.05, 4.69) is 38.5 Å². The van der Waals surface area contributed by atoms with Crippen LogP contribution in [0.3, 0.4) is 0 Å². The molecule has 8 nitrogen and oxygen atoms in total. The van der Waals surface area contributed by atoms with Crippen LogP contribution in [0, 0.1) is 0 Å². The molecular formula is C19H22N6O2. The van der Waals surface area contributed by atoms with E-state index in [4.69, 9.17) is 4.74 Å². The molecule has 0 bridgehead atoms. The summed E-state index contributed by atoms with van der Waals surface area (Å²) in [5, 5.41) is 11.1. The second-order valence-corrected chi connectivity index (χ2v) is 6.65. The van der Waals surface area contributed by atoms with Gasteiger partial charge in [-0.05, 0) is 30.5 Å². The molecule has 4 rings (SSSR count). The lowest BCUT2D eigenvalue weighted by molar-refractivity contribution is 0.0950. The summed E-state index contributed by atoms with van der Waals surface area (Å²) in [4.78, 5) is 20.4. The summed E-state index contributed by atoms with van der Waals surface area (Å²) in [6.07, 6.45) is 3.33. The summed E-state index contributed by atoms with van der Waals surface area (Å²) >= 11 is 0. The van der Waals surface area contributed by atoms with Crippen LogP contribution in [0.15, 0.2) is 30.6 Å². The highest BCUT2D eigenvalue weighted by Gasteiger charge is 2.27. The predicted octanol–water partition coefficient (Wildman–Crippen LogP) is 2.16. The second kappa shape index (κ2) is 7.22. The van der Waals surface area contributed by atoms with Gasteiger partial charge in [0.25, 0.3) is 5.91 Å². The first-order chi connectivity index (χ1) is 13.2. The van der Waals surface area contributed by atoms with Crippen molar-refractivity contribution in [2.45, 2.75) is 32.2 Å². The van der Waals surface area contributed by atoms with E-state index in [-0.39, 0.29) is 11.8 Å². The number of aromatic nitrogens is 5. The fraction of sp³-hybridized carbons (Fsp3) is 0.368. The maximum atomic E-state index is 12.5. The minimum atomic E-state index is -0.167. The standard InChI is InChI=1S/C19H22N6O2/c1-3-7-25-11-21-24-18(25)17-22-15-9-13(10-20-19(26)16(15)23-17)12-5-4-6-14(8-12)27-2/h4-6,8,11,13H,3,7,9-10H2,1-2H3,(H,20,26)(H,22,23). The maximum Gasteiger partial charge on any atom is 0.271 e. The van der Waals surface area contributed by atoms with Crippen LogP contribution in [0.5, 0.6) is 5.75 Å². The topological polar surface area (TPSA) is 97.7 Å². The number of aromatic amines is 1. The van der Waals surface area contributed by atoms with Gasteiger partial charge in [-0.1, -0.05) is 19.1 Å². The number of nitrogens with zero attached hydrogens (tertiary/aromatic N) is 4. The molecule has 1 atom stereocenters. The van der Waals surface area contributed by atoms with Crippen molar-refractivity contribution >= 4 is 5.91 Å². The van der Waals surface area contributed by atoms with E-state index in [0.29, 0.717) is 30.3 Å². The van der Waals surface area contributed by atoms with Gasteiger partial charge in [-0.2, -0.15) is 0 Å². The van der Waals surface area contributed by atoms with Crippen molar-refractivity contribution < 1.29 is 9.53 Å². The van der Waals surface area contributed by atoms with Gasteiger partial charge >= 0.3 is 0 Å². The number of methoxy groups -OCH3 is 1. The lowest BCUT2D eigenvalue weighted by atomic mass is 9.94. The van der Waals surface area contributed by atoms with Gasteiger partial charge in [-0.25, -0.2) is 4.98 Å². The third-order valence-corrected chi connectivity index (χ3v) is 4.81. The van der Waals surface area contributed by atoms with Crippen molar-refractivity contribution in [3.8, 4) is 17.4 Å². The number of carbonyl (C=O) groups is 1. The Morgan fingerprint density at radius 1 is 1.37 bits per heavy atom. The number of aryl methyl sites for hydroxylation is 1. The number of carbonyl (C=O) groups excluding carboxylic acids is 1. The smallest absolute Gasteiger partial charge is 0.271 e. The normalized spacial score (nSPS) is 16.5. The number of nitrogens with one attached hydrogen (secondary N) is 2. The third-order valence-electron chi connectivity index (χ3n) is 4.81. The van der Waals surface area contributed by atoms with Crippen LogP contribution in [0.4, 0.5) is 0 Å². The van der Waals surface area contributed by atoms with Gasteiger partial charge in [-0.3, -0.25) is 4.79 Å². The molecule has 1 aromatic carbocycles. The number of amides is 1. The van der Waals surface area contributed by atoms with Crippen molar-refractivity contribution in [2.24, 2.45) is 0 Å². The molecule has 2 aromatic heterocycles. The number of ether oxygens (including phenoxy) is 1. The highest BCUT2D eigenvalue weighted by Crippen LogP contribution is 2.28.